The van der Waals surface area contributed by atoms with Crippen LogP contribution in [0.15, 0.2) is 18.3 Å². The van der Waals surface area contributed by atoms with E-state index in [9.17, 15) is 4.79 Å². The Kier molecular flexibility index (Phi) is 2.60. The second-order valence-electron chi connectivity index (χ2n) is 2.74. The van der Waals surface area contributed by atoms with Gasteiger partial charge in [-0.15, -0.1) is 0 Å². The van der Waals surface area contributed by atoms with Gasteiger partial charge >= 0.3 is 0 Å². The average Bonchev–Trinajstić information content (AvgIpc) is 2.16. The zero-order chi connectivity index (χ0) is 9.84. The fraction of sp³-hybridized carbons (Fsp3) is 0.222. The van der Waals surface area contributed by atoms with E-state index in [1.807, 2.05) is 6.07 Å². The van der Waals surface area contributed by atoms with Crippen molar-refractivity contribution >= 4 is 5.91 Å². The second-order valence-corrected chi connectivity index (χ2v) is 2.74. The third-order valence-corrected chi connectivity index (χ3v) is 1.51. The molecule has 1 heterocycles. The van der Waals surface area contributed by atoms with Gasteiger partial charge in [-0.05, 0) is 12.1 Å². The Balaban J connectivity index is 3.04. The van der Waals surface area contributed by atoms with Gasteiger partial charge in [0.1, 0.15) is 5.69 Å². The SMILES string of the molecule is CN(C)C(=O)c1cc(C#N)ccn1. The molecule has 66 valence electrons. The van der Waals surface area contributed by atoms with Crippen LogP contribution in [0.1, 0.15) is 16.1 Å². The molecule has 0 aromatic carbocycles. The summed E-state index contributed by atoms with van der Waals surface area (Å²) in [6, 6.07) is 4.99. The quantitative estimate of drug-likeness (QED) is 0.629. The van der Waals surface area contributed by atoms with Crippen LogP contribution in [-0.2, 0) is 0 Å². The molecule has 0 saturated heterocycles. The third kappa shape index (κ3) is 2.03. The van der Waals surface area contributed by atoms with Crippen molar-refractivity contribution < 1.29 is 4.79 Å². The number of pyridine rings is 1. The highest BCUT2D eigenvalue weighted by molar-refractivity contribution is 5.92. The molecular weight excluding hydrogens is 166 g/mol. The molecule has 1 rings (SSSR count). The Morgan fingerprint density at radius 2 is 2.31 bits per heavy atom. The minimum absolute atomic E-state index is 0.197. The second kappa shape index (κ2) is 3.68. The molecule has 0 fully saturated rings. The minimum atomic E-state index is -0.197. The highest BCUT2D eigenvalue weighted by Crippen LogP contribution is 2.01. The van der Waals surface area contributed by atoms with Gasteiger partial charge in [0.05, 0.1) is 11.6 Å². The van der Waals surface area contributed by atoms with E-state index in [0.29, 0.717) is 11.3 Å². The van der Waals surface area contributed by atoms with Crippen molar-refractivity contribution in [2.45, 2.75) is 0 Å². The van der Waals surface area contributed by atoms with Gasteiger partial charge in [0.15, 0.2) is 0 Å². The largest absolute Gasteiger partial charge is 0.343 e. The summed E-state index contributed by atoms with van der Waals surface area (Å²) < 4.78 is 0. The van der Waals surface area contributed by atoms with Crippen molar-refractivity contribution in [2.24, 2.45) is 0 Å². The topological polar surface area (TPSA) is 57.0 Å². The van der Waals surface area contributed by atoms with Crippen LogP contribution in [-0.4, -0.2) is 29.9 Å². The maximum Gasteiger partial charge on any atom is 0.271 e. The predicted octanol–water partition coefficient (Wildman–Crippen LogP) is 0.655. The van der Waals surface area contributed by atoms with Gasteiger partial charge in [-0.2, -0.15) is 5.26 Å². The summed E-state index contributed by atoms with van der Waals surface area (Å²) >= 11 is 0. The number of hydrogen-bond donors (Lipinski definition) is 0. The standard InChI is InChI=1S/C9H9N3O/c1-12(2)9(13)8-5-7(6-10)3-4-11-8/h3-5H,1-2H3. The molecule has 4 heteroatoms. The molecule has 0 atom stereocenters. The lowest BCUT2D eigenvalue weighted by Crippen LogP contribution is -2.22. The predicted molar refractivity (Wildman–Crippen MR) is 47.0 cm³/mol. The maximum atomic E-state index is 11.4. The molecule has 1 amide bonds. The van der Waals surface area contributed by atoms with Crippen LogP contribution in [0, 0.1) is 11.3 Å². The number of aromatic nitrogens is 1. The van der Waals surface area contributed by atoms with E-state index in [0.717, 1.165) is 0 Å². The molecule has 0 aliphatic heterocycles. The lowest BCUT2D eigenvalue weighted by atomic mass is 10.2. The number of hydrogen-bond acceptors (Lipinski definition) is 3. The van der Waals surface area contributed by atoms with E-state index in [2.05, 4.69) is 4.98 Å². The van der Waals surface area contributed by atoms with Gasteiger partial charge in [0.25, 0.3) is 5.91 Å². The number of rotatable bonds is 1. The highest BCUT2D eigenvalue weighted by Gasteiger charge is 2.09. The van der Waals surface area contributed by atoms with E-state index in [1.54, 1.807) is 20.2 Å². The van der Waals surface area contributed by atoms with Crippen molar-refractivity contribution in [1.29, 1.82) is 5.26 Å². The number of carbonyl (C=O) groups excluding carboxylic acids is 1. The van der Waals surface area contributed by atoms with Gasteiger partial charge in [-0.25, -0.2) is 0 Å². The molecule has 0 aliphatic rings. The highest BCUT2D eigenvalue weighted by atomic mass is 16.2. The summed E-state index contributed by atoms with van der Waals surface area (Å²) in [6.07, 6.45) is 1.45. The van der Waals surface area contributed by atoms with E-state index in [1.165, 1.54) is 17.2 Å². The molecular formula is C9H9N3O. The molecule has 0 saturated carbocycles. The van der Waals surface area contributed by atoms with E-state index < -0.39 is 0 Å². The van der Waals surface area contributed by atoms with Crippen molar-refractivity contribution in [3.05, 3.63) is 29.6 Å². The molecule has 4 nitrogen and oxygen atoms in total. The van der Waals surface area contributed by atoms with E-state index in [4.69, 9.17) is 5.26 Å². The first-order chi connectivity index (χ1) is 6.15. The fourth-order valence-electron chi connectivity index (χ4n) is 0.846. The smallest absolute Gasteiger partial charge is 0.271 e. The van der Waals surface area contributed by atoms with Gasteiger partial charge < -0.3 is 4.90 Å². The molecule has 0 bridgehead atoms. The Morgan fingerprint density at radius 3 is 2.85 bits per heavy atom. The lowest BCUT2D eigenvalue weighted by molar-refractivity contribution is 0.0822. The Labute approximate surface area is 76.4 Å². The molecule has 13 heavy (non-hydrogen) atoms. The first-order valence-corrected chi connectivity index (χ1v) is 3.73. The molecule has 0 aliphatic carbocycles. The number of carbonyl (C=O) groups is 1. The van der Waals surface area contributed by atoms with Crippen LogP contribution in [0.25, 0.3) is 0 Å². The molecule has 0 radical (unpaired) electrons. The Bertz CT molecular complexity index is 365. The van der Waals surface area contributed by atoms with Crippen LogP contribution >= 0.6 is 0 Å². The third-order valence-electron chi connectivity index (χ3n) is 1.51. The molecule has 0 spiro atoms. The lowest BCUT2D eigenvalue weighted by Gasteiger charge is -2.08. The number of nitriles is 1. The summed E-state index contributed by atoms with van der Waals surface area (Å²) in [5.74, 6) is -0.197. The maximum absolute atomic E-state index is 11.4. The van der Waals surface area contributed by atoms with Crippen molar-refractivity contribution in [3.63, 3.8) is 0 Å². The first kappa shape index (κ1) is 9.20. The van der Waals surface area contributed by atoms with Crippen molar-refractivity contribution in [3.8, 4) is 6.07 Å². The summed E-state index contributed by atoms with van der Waals surface area (Å²) in [4.78, 5) is 16.7. The minimum Gasteiger partial charge on any atom is -0.343 e. The molecule has 0 N–H and O–H groups in total. The fourth-order valence-corrected chi connectivity index (χ4v) is 0.846. The van der Waals surface area contributed by atoms with E-state index in [-0.39, 0.29) is 5.91 Å². The number of nitrogens with zero attached hydrogens (tertiary/aromatic N) is 3. The zero-order valence-corrected chi connectivity index (χ0v) is 7.48. The first-order valence-electron chi connectivity index (χ1n) is 3.73. The monoisotopic (exact) mass is 175 g/mol. The van der Waals surface area contributed by atoms with Gasteiger partial charge in [0.2, 0.25) is 0 Å². The summed E-state index contributed by atoms with van der Waals surface area (Å²) in [6.45, 7) is 0. The summed E-state index contributed by atoms with van der Waals surface area (Å²) in [7, 11) is 3.28. The Morgan fingerprint density at radius 1 is 1.62 bits per heavy atom. The normalized spacial score (nSPS) is 9.00. The molecule has 0 unspecified atom stereocenters. The van der Waals surface area contributed by atoms with Crippen LogP contribution in [0.4, 0.5) is 0 Å². The number of amides is 1. The molecule has 1 aromatic rings. The van der Waals surface area contributed by atoms with Gasteiger partial charge in [0, 0.05) is 20.3 Å². The summed E-state index contributed by atoms with van der Waals surface area (Å²) in [5, 5.41) is 8.58. The van der Waals surface area contributed by atoms with E-state index >= 15 is 0 Å². The van der Waals surface area contributed by atoms with Crippen LogP contribution in [0.3, 0.4) is 0 Å². The van der Waals surface area contributed by atoms with Crippen LogP contribution in [0.5, 0.6) is 0 Å². The molecule has 1 aromatic heterocycles. The Hall–Kier alpha value is -1.89. The van der Waals surface area contributed by atoms with Gasteiger partial charge in [-0.3, -0.25) is 9.78 Å². The van der Waals surface area contributed by atoms with Crippen LogP contribution < -0.4 is 0 Å². The average molecular weight is 175 g/mol. The summed E-state index contributed by atoms with van der Waals surface area (Å²) in [5.41, 5.74) is 0.740. The van der Waals surface area contributed by atoms with Crippen molar-refractivity contribution in [2.75, 3.05) is 14.1 Å². The van der Waals surface area contributed by atoms with Gasteiger partial charge in [-0.1, -0.05) is 0 Å². The van der Waals surface area contributed by atoms with Crippen LogP contribution in [0.2, 0.25) is 0 Å². The zero-order valence-electron chi connectivity index (χ0n) is 7.48. The van der Waals surface area contributed by atoms with Crippen molar-refractivity contribution in [1.82, 2.24) is 9.88 Å².